The molecular formula is C39H51N5O. The normalized spacial score (nSPS) is 13.7. The highest BCUT2D eigenvalue weighted by Crippen LogP contribution is 2.25. The molecule has 2 N–H and O–H groups in total. The second-order valence-electron chi connectivity index (χ2n) is 11.6. The maximum Gasteiger partial charge on any atom is 0.151 e. The van der Waals surface area contributed by atoms with E-state index in [0.717, 1.165) is 71.8 Å². The molecule has 6 heteroatoms. The lowest BCUT2D eigenvalue weighted by atomic mass is 9.98. The molecule has 5 rings (SSSR count). The summed E-state index contributed by atoms with van der Waals surface area (Å²) in [5.41, 5.74) is 15.1. The van der Waals surface area contributed by atoms with Crippen LogP contribution in [0.4, 0.5) is 11.5 Å². The van der Waals surface area contributed by atoms with Gasteiger partial charge in [-0.25, -0.2) is 9.97 Å². The molecule has 0 bridgehead atoms. The van der Waals surface area contributed by atoms with Crippen LogP contribution in [0.1, 0.15) is 86.6 Å². The average molecular weight is 606 g/mol. The van der Waals surface area contributed by atoms with Crippen LogP contribution in [0.15, 0.2) is 84.0 Å². The summed E-state index contributed by atoms with van der Waals surface area (Å²) in [6.07, 6.45) is 8.49. The maximum absolute atomic E-state index is 10.0. The van der Waals surface area contributed by atoms with E-state index < -0.39 is 0 Å². The van der Waals surface area contributed by atoms with Crippen LogP contribution >= 0.6 is 0 Å². The quantitative estimate of drug-likeness (QED) is 0.152. The number of anilines is 1. The van der Waals surface area contributed by atoms with Gasteiger partial charge in [-0.05, 0) is 87.4 Å². The predicted octanol–water partition coefficient (Wildman–Crippen LogP) is 8.93. The molecule has 0 atom stereocenters. The van der Waals surface area contributed by atoms with E-state index in [4.69, 9.17) is 15.7 Å². The minimum atomic E-state index is 0.408. The SMILES string of the molecule is CC.CCCc1ccc(N=C(C)c2nc(-c3cccc(CCN4CCC(C)CC4)c3)cnc2N)c(C)c1.O=Cc1ccccc1. The number of aliphatic imine (C=N–C) groups is 1. The maximum atomic E-state index is 10.0. The van der Waals surface area contributed by atoms with Crippen LogP contribution in [0.5, 0.6) is 0 Å². The van der Waals surface area contributed by atoms with E-state index in [2.05, 4.69) is 73.1 Å². The monoisotopic (exact) mass is 605 g/mol. The van der Waals surface area contributed by atoms with Gasteiger partial charge in [-0.2, -0.15) is 0 Å². The van der Waals surface area contributed by atoms with Crippen molar-refractivity contribution in [1.82, 2.24) is 14.9 Å². The number of benzene rings is 3. The number of nitrogens with zero attached hydrogens (tertiary/aromatic N) is 4. The second kappa shape index (κ2) is 18.6. The molecule has 238 valence electrons. The Morgan fingerprint density at radius 1 is 0.978 bits per heavy atom. The molecule has 3 aromatic carbocycles. The summed E-state index contributed by atoms with van der Waals surface area (Å²) in [6.45, 7) is 16.2. The Morgan fingerprint density at radius 3 is 2.33 bits per heavy atom. The number of carbonyl (C=O) groups is 1. The van der Waals surface area contributed by atoms with Crippen molar-refractivity contribution in [1.29, 1.82) is 0 Å². The highest BCUT2D eigenvalue weighted by atomic mass is 16.1. The second-order valence-corrected chi connectivity index (χ2v) is 11.6. The van der Waals surface area contributed by atoms with Crippen molar-refractivity contribution in [3.05, 3.63) is 107 Å². The first-order valence-corrected chi connectivity index (χ1v) is 16.5. The molecule has 4 aromatic rings. The first-order chi connectivity index (χ1) is 21.9. The number of rotatable bonds is 9. The lowest BCUT2D eigenvalue weighted by molar-refractivity contribution is 0.112. The molecule has 0 aliphatic carbocycles. The first-order valence-electron chi connectivity index (χ1n) is 16.5. The summed E-state index contributed by atoms with van der Waals surface area (Å²) >= 11 is 0. The molecule has 45 heavy (non-hydrogen) atoms. The molecule has 0 unspecified atom stereocenters. The fourth-order valence-electron chi connectivity index (χ4n) is 5.32. The summed E-state index contributed by atoms with van der Waals surface area (Å²) in [5, 5.41) is 0. The summed E-state index contributed by atoms with van der Waals surface area (Å²) in [4.78, 5) is 26.8. The highest BCUT2D eigenvalue weighted by molar-refractivity contribution is 6.02. The van der Waals surface area contributed by atoms with Crippen LogP contribution in [0.25, 0.3) is 11.3 Å². The van der Waals surface area contributed by atoms with Crippen LogP contribution in [0.2, 0.25) is 0 Å². The minimum absolute atomic E-state index is 0.408. The highest BCUT2D eigenvalue weighted by Gasteiger charge is 2.16. The van der Waals surface area contributed by atoms with Crippen molar-refractivity contribution >= 4 is 23.5 Å². The molecule has 6 nitrogen and oxygen atoms in total. The number of aromatic nitrogens is 2. The summed E-state index contributed by atoms with van der Waals surface area (Å²) in [7, 11) is 0. The van der Waals surface area contributed by atoms with Crippen LogP contribution < -0.4 is 5.73 Å². The number of hydrogen-bond acceptors (Lipinski definition) is 6. The van der Waals surface area contributed by atoms with Gasteiger partial charge in [-0.15, -0.1) is 0 Å². The molecule has 1 aliphatic rings. The fraction of sp³-hybridized carbons (Fsp3) is 0.385. The molecule has 0 saturated carbocycles. The first kappa shape index (κ1) is 35.3. The third kappa shape index (κ3) is 11.1. The Kier molecular flexibility index (Phi) is 14.6. The summed E-state index contributed by atoms with van der Waals surface area (Å²) in [5.74, 6) is 1.27. The average Bonchev–Trinajstić information content (AvgIpc) is 3.08. The minimum Gasteiger partial charge on any atom is -0.382 e. The Bertz CT molecular complexity index is 1510. The molecule has 0 amide bonds. The Balaban J connectivity index is 0.000000475. The number of aryl methyl sites for hydroxylation is 2. The predicted molar refractivity (Wildman–Crippen MR) is 191 cm³/mol. The molecule has 1 fully saturated rings. The van der Waals surface area contributed by atoms with Gasteiger partial charge in [-0.3, -0.25) is 9.79 Å². The van der Waals surface area contributed by atoms with Gasteiger partial charge in [0.15, 0.2) is 5.82 Å². The molecule has 1 aliphatic heterocycles. The molecule has 1 aromatic heterocycles. The lowest BCUT2D eigenvalue weighted by Crippen LogP contribution is -2.34. The number of piperidine rings is 1. The van der Waals surface area contributed by atoms with Crippen molar-refractivity contribution in [2.75, 3.05) is 25.4 Å². The zero-order valence-corrected chi connectivity index (χ0v) is 28.1. The van der Waals surface area contributed by atoms with Gasteiger partial charge in [0, 0.05) is 17.7 Å². The lowest BCUT2D eigenvalue weighted by Gasteiger charge is -2.30. The third-order valence-corrected chi connectivity index (χ3v) is 7.98. The van der Waals surface area contributed by atoms with Gasteiger partial charge in [0.1, 0.15) is 12.0 Å². The van der Waals surface area contributed by atoms with Gasteiger partial charge in [-0.1, -0.05) is 94.8 Å². The van der Waals surface area contributed by atoms with Crippen LogP contribution in [-0.4, -0.2) is 46.5 Å². The van der Waals surface area contributed by atoms with Crippen LogP contribution in [-0.2, 0) is 12.8 Å². The fourth-order valence-corrected chi connectivity index (χ4v) is 5.32. The number of carbonyl (C=O) groups excluding carboxylic acids is 1. The molecule has 0 radical (unpaired) electrons. The summed E-state index contributed by atoms with van der Waals surface area (Å²) in [6, 6.07) is 24.2. The van der Waals surface area contributed by atoms with Gasteiger partial charge < -0.3 is 10.6 Å². The standard InChI is InChI=1S/C30H39N5.C7H6O.C2H6/c1-5-7-24-10-11-27(22(3)18-24)33-23(4)29-30(31)32-20-28(34-29)26-9-6-8-25(19-26)14-17-35-15-12-21(2)13-16-35;8-6-7-4-2-1-3-5-7;1-2/h6,8-11,18-21H,5,7,12-17H2,1-4H3,(H2,31,32);1-6H;1-2H3. The number of likely N-dealkylation sites (tertiary alicyclic amines) is 1. The van der Waals surface area contributed by atoms with E-state index in [9.17, 15) is 4.79 Å². The van der Waals surface area contributed by atoms with E-state index in [1.807, 2.05) is 39.0 Å². The molecule has 1 saturated heterocycles. The van der Waals surface area contributed by atoms with Crippen molar-refractivity contribution in [2.45, 2.75) is 73.6 Å². The Hall–Kier alpha value is -4.16. The van der Waals surface area contributed by atoms with Crippen molar-refractivity contribution < 1.29 is 4.79 Å². The van der Waals surface area contributed by atoms with Gasteiger partial charge in [0.2, 0.25) is 0 Å². The summed E-state index contributed by atoms with van der Waals surface area (Å²) < 4.78 is 0. The zero-order chi connectivity index (χ0) is 32.6. The van der Waals surface area contributed by atoms with E-state index in [1.165, 1.54) is 37.1 Å². The smallest absolute Gasteiger partial charge is 0.151 e. The van der Waals surface area contributed by atoms with Gasteiger partial charge >= 0.3 is 0 Å². The Morgan fingerprint density at radius 2 is 1.69 bits per heavy atom. The number of hydrogen-bond donors (Lipinski definition) is 1. The number of nitrogens with two attached hydrogens (primary N) is 1. The van der Waals surface area contributed by atoms with Crippen molar-refractivity contribution in [3.8, 4) is 11.3 Å². The number of nitrogen functional groups attached to an aromatic ring is 1. The topological polar surface area (TPSA) is 84.5 Å². The van der Waals surface area contributed by atoms with Crippen LogP contribution in [0, 0.1) is 12.8 Å². The third-order valence-electron chi connectivity index (χ3n) is 7.98. The largest absolute Gasteiger partial charge is 0.382 e. The van der Waals surface area contributed by atoms with Gasteiger partial charge in [0.25, 0.3) is 0 Å². The van der Waals surface area contributed by atoms with E-state index >= 15 is 0 Å². The Labute approximate surface area is 270 Å². The van der Waals surface area contributed by atoms with Crippen molar-refractivity contribution in [3.63, 3.8) is 0 Å². The van der Waals surface area contributed by atoms with E-state index in [0.29, 0.717) is 11.5 Å². The van der Waals surface area contributed by atoms with Crippen LogP contribution in [0.3, 0.4) is 0 Å². The molecule has 2 heterocycles. The van der Waals surface area contributed by atoms with Crippen molar-refractivity contribution in [2.24, 2.45) is 10.9 Å². The van der Waals surface area contributed by atoms with E-state index in [1.54, 1.807) is 18.3 Å². The van der Waals surface area contributed by atoms with E-state index in [-0.39, 0.29) is 0 Å². The molecular weight excluding hydrogens is 554 g/mol. The van der Waals surface area contributed by atoms with Gasteiger partial charge in [0.05, 0.1) is 23.3 Å². The zero-order valence-electron chi connectivity index (χ0n) is 28.1. The number of aldehydes is 1. The molecule has 0 spiro atoms.